The number of ether oxygens (including phenoxy) is 3. The minimum atomic E-state index is -4.95. The molecule has 0 fully saturated rings. The van der Waals surface area contributed by atoms with Crippen molar-refractivity contribution in [3.05, 3.63) is 67.3 Å². The predicted octanol–water partition coefficient (Wildman–Crippen LogP) is 10.0. The Labute approximate surface area is 266 Å². The third kappa shape index (κ3) is 13.8. The van der Waals surface area contributed by atoms with Gasteiger partial charge in [-0.05, 0) is 78.1 Å². The molecule has 0 unspecified atom stereocenters. The van der Waals surface area contributed by atoms with Crippen LogP contribution in [0.1, 0.15) is 0 Å². The Morgan fingerprint density at radius 1 is 0.659 bits per heavy atom. The van der Waals surface area contributed by atoms with Crippen molar-refractivity contribution in [2.24, 2.45) is 0 Å². The van der Waals surface area contributed by atoms with Crippen LogP contribution in [0.4, 0.5) is 56.6 Å². The Bertz CT molecular complexity index is 1300. The van der Waals surface area contributed by atoms with Crippen LogP contribution in [0.3, 0.4) is 0 Å². The number of nitrogens with two attached hydrogens (primary N) is 3. The number of methoxy groups -OCH3 is 1. The number of hydrogen-bond acceptors (Lipinski definition) is 6. The largest absolute Gasteiger partial charge is 0.573 e. The molecule has 3 aromatic rings. The second kappa shape index (κ2) is 17.4. The summed E-state index contributed by atoms with van der Waals surface area (Å²) >= 11 is 13.8. The van der Waals surface area contributed by atoms with Crippen molar-refractivity contribution in [2.45, 2.75) is 12.7 Å². The topological polar surface area (TPSA) is 106 Å². The summed E-state index contributed by atoms with van der Waals surface area (Å²) in [6.45, 7) is 0. The van der Waals surface area contributed by atoms with Gasteiger partial charge in [-0.2, -0.15) is 0 Å². The minimum Gasteiger partial charge on any atom is -0.494 e. The summed E-state index contributed by atoms with van der Waals surface area (Å²) in [5.74, 6) is -4.46. The molecule has 0 spiro atoms. The zero-order valence-electron chi connectivity index (χ0n) is 19.7. The van der Waals surface area contributed by atoms with Crippen molar-refractivity contribution in [3.63, 3.8) is 0 Å². The molecule has 6 nitrogen and oxygen atoms in total. The molecule has 3 aromatic carbocycles. The molecule has 0 aromatic heterocycles. The fraction of sp³-hybridized carbons (Fsp3) is 0.143. The van der Waals surface area contributed by atoms with Gasteiger partial charge in [-0.25, -0.2) is 13.2 Å². The molecule has 6 N–H and O–H groups in total. The van der Waals surface area contributed by atoms with E-state index in [9.17, 15) is 39.5 Å². The predicted molar refractivity (Wildman–Crippen MR) is 153 cm³/mol. The number of rotatable bonds is 3. The molecular formula is C21H15Br5F9N3O3. The summed E-state index contributed by atoms with van der Waals surface area (Å²) in [7, 11) is 1.41. The summed E-state index contributed by atoms with van der Waals surface area (Å²) in [5, 5.41) is 0. The van der Waals surface area contributed by atoms with Crippen LogP contribution in [0.15, 0.2) is 49.8 Å². The third-order valence-electron chi connectivity index (χ3n) is 3.86. The van der Waals surface area contributed by atoms with Gasteiger partial charge in [0, 0.05) is 50.2 Å². The Kier molecular flexibility index (Phi) is 16.6. The number of halogens is 14. The van der Waals surface area contributed by atoms with Gasteiger partial charge in [-0.1, -0.05) is 0 Å². The molecule has 3 rings (SSSR count). The monoisotopic (exact) mass is 923 g/mol. The van der Waals surface area contributed by atoms with Crippen molar-refractivity contribution < 1.29 is 53.7 Å². The van der Waals surface area contributed by atoms with E-state index in [0.29, 0.717) is 5.69 Å². The zero-order chi connectivity index (χ0) is 32.3. The van der Waals surface area contributed by atoms with E-state index in [2.05, 4.69) is 90.3 Å². The van der Waals surface area contributed by atoms with E-state index in [1.54, 1.807) is 6.07 Å². The van der Waals surface area contributed by atoms with Crippen molar-refractivity contribution in [1.82, 2.24) is 0 Å². The fourth-order valence-corrected chi connectivity index (χ4v) is 3.63. The van der Waals surface area contributed by atoms with Crippen LogP contribution in [0.2, 0.25) is 0 Å². The van der Waals surface area contributed by atoms with Crippen LogP contribution in [-0.2, 0) is 0 Å². The van der Waals surface area contributed by atoms with Crippen molar-refractivity contribution in [3.8, 4) is 17.2 Å². The molecular weight excluding hydrogens is 913 g/mol. The Hall–Kier alpha value is -1.77. The molecule has 0 saturated carbocycles. The van der Waals surface area contributed by atoms with E-state index in [1.165, 1.54) is 19.2 Å². The lowest BCUT2D eigenvalue weighted by Crippen LogP contribution is -2.18. The molecule has 0 amide bonds. The Morgan fingerprint density at radius 2 is 1.12 bits per heavy atom. The van der Waals surface area contributed by atoms with Gasteiger partial charge in [0.15, 0.2) is 34.7 Å². The van der Waals surface area contributed by atoms with Gasteiger partial charge in [-0.15, -0.1) is 26.3 Å². The maximum atomic E-state index is 13.2. The molecule has 41 heavy (non-hydrogen) atoms. The quantitative estimate of drug-likeness (QED) is 0.137. The zero-order valence-corrected chi connectivity index (χ0v) is 27.6. The normalized spacial score (nSPS) is 10.6. The molecule has 0 aliphatic rings. The van der Waals surface area contributed by atoms with E-state index in [0.717, 1.165) is 18.2 Å². The van der Waals surface area contributed by atoms with Gasteiger partial charge in [0.05, 0.1) is 21.7 Å². The highest BCUT2D eigenvalue weighted by atomic mass is 80.9. The second-order valence-electron chi connectivity index (χ2n) is 6.67. The van der Waals surface area contributed by atoms with E-state index in [1.807, 2.05) is 0 Å². The summed E-state index contributed by atoms with van der Waals surface area (Å²) in [4.78, 5) is 0. The Balaban J connectivity index is 0.000000577. The number of anilines is 3. The van der Waals surface area contributed by atoms with E-state index >= 15 is 0 Å². The molecule has 0 aliphatic heterocycles. The van der Waals surface area contributed by atoms with Crippen molar-refractivity contribution >= 4 is 93.1 Å². The molecule has 230 valence electrons. The molecule has 0 bridgehead atoms. The van der Waals surface area contributed by atoms with Gasteiger partial charge in [0.2, 0.25) is 0 Å². The number of nitrogen functional groups attached to an aromatic ring is 3. The number of benzene rings is 3. The summed E-state index contributed by atoms with van der Waals surface area (Å²) in [5.41, 5.74) is 16.2. The molecule has 0 saturated heterocycles. The summed E-state index contributed by atoms with van der Waals surface area (Å²) in [6, 6.07) is 7.02. The first kappa shape index (κ1) is 39.2. The second-order valence-corrected chi connectivity index (χ2v) is 9.11. The number of alkyl halides is 6. The van der Waals surface area contributed by atoms with Crippen molar-refractivity contribution in [1.29, 1.82) is 0 Å². The molecule has 0 aliphatic carbocycles. The summed E-state index contributed by atoms with van der Waals surface area (Å²) in [6.07, 6.45) is -9.87. The van der Waals surface area contributed by atoms with Crippen LogP contribution < -0.4 is 31.4 Å². The van der Waals surface area contributed by atoms with Crippen molar-refractivity contribution in [2.75, 3.05) is 24.3 Å². The van der Waals surface area contributed by atoms with Gasteiger partial charge < -0.3 is 31.4 Å². The van der Waals surface area contributed by atoms with E-state index < -0.39 is 41.7 Å². The lowest BCUT2D eigenvalue weighted by molar-refractivity contribution is -0.276. The van der Waals surface area contributed by atoms with Crippen LogP contribution in [0, 0.1) is 17.5 Å². The maximum Gasteiger partial charge on any atom is 0.573 e. The lowest BCUT2D eigenvalue weighted by atomic mass is 10.3. The highest BCUT2D eigenvalue weighted by molar-refractivity contribution is 9.93. The Morgan fingerprint density at radius 3 is 1.59 bits per heavy atom. The number of hydrogen-bond donors (Lipinski definition) is 3. The van der Waals surface area contributed by atoms with E-state index in [4.69, 9.17) is 17.2 Å². The minimum absolute atomic E-state index is 0.00276. The first-order chi connectivity index (χ1) is 18.8. The first-order valence-corrected chi connectivity index (χ1v) is 15.8. The average molecular weight is 928 g/mol. The first-order valence-electron chi connectivity index (χ1n) is 9.68. The smallest absolute Gasteiger partial charge is 0.494 e. The van der Waals surface area contributed by atoms with Gasteiger partial charge >= 0.3 is 12.7 Å². The molecule has 20 heteroatoms. The highest BCUT2D eigenvalue weighted by Gasteiger charge is 2.34. The SMILES string of the molecule is BrBr.COc1ccc(N)cc1F.Nc1c(Br)cc(OC(F)(F)F)c(F)c1Br.Nc1ccc(OC(F)(F)F)c(F)c1Br. The van der Waals surface area contributed by atoms with Gasteiger partial charge in [0.1, 0.15) is 0 Å². The average Bonchev–Trinajstić information content (AvgIpc) is 2.87. The molecule has 0 radical (unpaired) electrons. The van der Waals surface area contributed by atoms with Crippen LogP contribution >= 0.6 is 76.0 Å². The van der Waals surface area contributed by atoms with Crippen LogP contribution in [0.5, 0.6) is 17.2 Å². The van der Waals surface area contributed by atoms with E-state index in [-0.39, 0.29) is 30.5 Å². The lowest BCUT2D eigenvalue weighted by Gasteiger charge is -2.12. The van der Waals surface area contributed by atoms with Crippen LogP contribution in [0.25, 0.3) is 0 Å². The van der Waals surface area contributed by atoms with Crippen LogP contribution in [-0.4, -0.2) is 19.8 Å². The standard InChI is InChI=1S/C7H3Br2F4NO.C7H4BrF4NO.C7H8FNO.Br2/c8-2-1-3(15-7(11,12)13)5(10)4(9)6(2)14;8-5-3(13)1-2-4(6(5)9)14-7(10,11)12;1-10-7-3-2-5(9)4-6(7)8;1-2/h1H,14H2;1-2H,13H2;2-4H,9H2,1H3;. The fourth-order valence-electron chi connectivity index (χ4n) is 2.22. The molecule has 0 atom stereocenters. The third-order valence-corrected chi connectivity index (χ3v) is 6.10. The van der Waals surface area contributed by atoms with Gasteiger partial charge in [0.25, 0.3) is 0 Å². The molecule has 0 heterocycles. The van der Waals surface area contributed by atoms with Gasteiger partial charge in [-0.3, -0.25) is 0 Å². The maximum absolute atomic E-state index is 13.2. The highest BCUT2D eigenvalue weighted by Crippen LogP contribution is 2.38. The summed E-state index contributed by atoms with van der Waals surface area (Å²) < 4.78 is 121.